The Balaban J connectivity index is 1.38. The van der Waals surface area contributed by atoms with Crippen molar-refractivity contribution in [2.24, 2.45) is 17.3 Å². The summed E-state index contributed by atoms with van der Waals surface area (Å²) in [5.41, 5.74) is 2.14. The summed E-state index contributed by atoms with van der Waals surface area (Å²) in [4.78, 5) is 27.5. The van der Waals surface area contributed by atoms with E-state index in [0.29, 0.717) is 22.7 Å². The highest BCUT2D eigenvalue weighted by Crippen LogP contribution is 2.64. The number of anilines is 1. The number of allylic oxidation sites excluding steroid dienone is 1. The predicted molar refractivity (Wildman–Crippen MR) is 99.2 cm³/mol. The van der Waals surface area contributed by atoms with E-state index in [9.17, 15) is 9.59 Å². The maximum atomic E-state index is 12.3. The Morgan fingerprint density at radius 1 is 1.35 bits per heavy atom. The molecule has 1 aromatic rings. The number of carbonyl (C=O) groups excluding carboxylic acids is 2. The highest BCUT2D eigenvalue weighted by Gasteiger charge is 2.56. The van der Waals surface area contributed by atoms with E-state index in [1.54, 1.807) is 16.9 Å². The number of rotatable bonds is 5. The average molecular weight is 396 g/mol. The van der Waals surface area contributed by atoms with Crippen LogP contribution in [-0.2, 0) is 16.0 Å². The maximum absolute atomic E-state index is 12.3. The molecule has 2 unspecified atom stereocenters. The Kier molecular flexibility index (Phi) is 4.57. The summed E-state index contributed by atoms with van der Waals surface area (Å²) in [6.45, 7) is 0. The van der Waals surface area contributed by atoms with Crippen molar-refractivity contribution >= 4 is 39.9 Å². The minimum atomic E-state index is -0.537. The van der Waals surface area contributed by atoms with Gasteiger partial charge >= 0.3 is 0 Å². The van der Waals surface area contributed by atoms with Crippen LogP contribution in [0.3, 0.4) is 0 Å². The second-order valence-electron chi connectivity index (χ2n) is 8.15. The minimum absolute atomic E-state index is 0.0254. The van der Waals surface area contributed by atoms with Gasteiger partial charge in [0.1, 0.15) is 0 Å². The van der Waals surface area contributed by atoms with Gasteiger partial charge in [0.2, 0.25) is 11.8 Å². The van der Waals surface area contributed by atoms with E-state index in [1.165, 1.54) is 17.8 Å². The molecule has 2 atom stereocenters. The Morgan fingerprint density at radius 3 is 2.73 bits per heavy atom. The molecule has 4 saturated carbocycles. The molecule has 3 N–H and O–H groups in total. The molecule has 4 bridgehead atoms. The third-order valence-corrected chi connectivity index (χ3v) is 7.12. The topological polar surface area (TPSA) is 91.3 Å². The number of hydroxylamine groups is 1. The number of alkyl halides is 1. The Hall–Kier alpha value is -1.44. The molecule has 1 heterocycles. The van der Waals surface area contributed by atoms with E-state index in [-0.39, 0.29) is 22.6 Å². The first-order valence-electron chi connectivity index (χ1n) is 8.94. The quantitative estimate of drug-likeness (QED) is 0.309. The summed E-state index contributed by atoms with van der Waals surface area (Å²) in [6.07, 6.45) is 10.4. The molecule has 140 valence electrons. The molecule has 0 aromatic carbocycles. The van der Waals surface area contributed by atoms with Crippen molar-refractivity contribution in [3.63, 3.8) is 0 Å². The molecule has 1 aromatic heterocycles. The fourth-order valence-electron chi connectivity index (χ4n) is 5.46. The Bertz CT molecular complexity index is 749. The van der Waals surface area contributed by atoms with Gasteiger partial charge in [-0.3, -0.25) is 20.1 Å². The van der Waals surface area contributed by atoms with Crippen LogP contribution in [0.5, 0.6) is 0 Å². The third-order valence-electron chi connectivity index (χ3n) is 5.87. The lowest BCUT2D eigenvalue weighted by molar-refractivity contribution is -0.128. The van der Waals surface area contributed by atoms with Crippen molar-refractivity contribution in [3.8, 4) is 0 Å². The van der Waals surface area contributed by atoms with Gasteiger partial charge in [-0.1, -0.05) is 6.08 Å². The normalized spacial score (nSPS) is 35.0. The summed E-state index contributed by atoms with van der Waals surface area (Å²) < 4.78 is 0. The number of hydrogen-bond donors (Lipinski definition) is 3. The standard InChI is InChI=1S/C18H22ClN3O3S/c19-18-7-11-3-12(8-18)6-17(5-11,10-18)2-1-14(23)21-16-20-13(9-26-16)4-15(24)22-25/h1-2,9,11-12,25H,3-8,10H2,(H,22,24)(H,20,21,23)/b2-1+. The van der Waals surface area contributed by atoms with Crippen LogP contribution in [0.4, 0.5) is 5.13 Å². The van der Waals surface area contributed by atoms with Gasteiger partial charge in [0.15, 0.2) is 5.13 Å². The van der Waals surface area contributed by atoms with Crippen LogP contribution in [0.2, 0.25) is 0 Å². The number of halogens is 1. The first kappa shape index (κ1) is 17.9. The smallest absolute Gasteiger partial charge is 0.249 e. The van der Waals surface area contributed by atoms with Gasteiger partial charge in [-0.25, -0.2) is 10.5 Å². The summed E-state index contributed by atoms with van der Waals surface area (Å²) >= 11 is 8.08. The SMILES string of the molecule is O=C(/C=C/C12CC3CC(CC(Cl)(C3)C1)C2)Nc1nc(CC(=O)NO)cs1. The van der Waals surface area contributed by atoms with Gasteiger partial charge in [0.05, 0.1) is 12.1 Å². The van der Waals surface area contributed by atoms with Crippen molar-refractivity contribution in [2.75, 3.05) is 5.32 Å². The van der Waals surface area contributed by atoms with E-state index in [1.807, 2.05) is 0 Å². The molecule has 4 fully saturated rings. The van der Waals surface area contributed by atoms with Crippen molar-refractivity contribution in [1.82, 2.24) is 10.5 Å². The van der Waals surface area contributed by atoms with E-state index >= 15 is 0 Å². The van der Waals surface area contributed by atoms with Crippen LogP contribution < -0.4 is 10.8 Å². The van der Waals surface area contributed by atoms with Crippen LogP contribution in [0.1, 0.15) is 44.2 Å². The molecule has 0 aliphatic heterocycles. The molecule has 0 radical (unpaired) electrons. The van der Waals surface area contributed by atoms with Crippen LogP contribution in [-0.4, -0.2) is 26.9 Å². The molecular weight excluding hydrogens is 374 g/mol. The lowest BCUT2D eigenvalue weighted by atomic mass is 9.49. The molecule has 26 heavy (non-hydrogen) atoms. The molecule has 4 aliphatic carbocycles. The summed E-state index contributed by atoms with van der Waals surface area (Å²) in [5, 5.41) is 13.4. The first-order valence-corrected chi connectivity index (χ1v) is 10.2. The summed E-state index contributed by atoms with van der Waals surface area (Å²) in [6, 6.07) is 0. The van der Waals surface area contributed by atoms with Crippen molar-refractivity contribution in [2.45, 2.75) is 49.8 Å². The lowest BCUT2D eigenvalue weighted by Crippen LogP contribution is -2.52. The maximum Gasteiger partial charge on any atom is 0.249 e. The second kappa shape index (κ2) is 6.62. The number of thiazole rings is 1. The molecule has 6 nitrogen and oxygen atoms in total. The van der Waals surface area contributed by atoms with E-state index in [0.717, 1.165) is 32.1 Å². The van der Waals surface area contributed by atoms with Crippen LogP contribution >= 0.6 is 22.9 Å². The number of hydrogen-bond acceptors (Lipinski definition) is 5. The van der Waals surface area contributed by atoms with E-state index < -0.39 is 5.91 Å². The molecule has 4 aliphatic rings. The van der Waals surface area contributed by atoms with Gasteiger partial charge in [0, 0.05) is 10.3 Å². The van der Waals surface area contributed by atoms with Gasteiger partial charge in [0.25, 0.3) is 0 Å². The lowest BCUT2D eigenvalue weighted by Gasteiger charge is -2.59. The van der Waals surface area contributed by atoms with E-state index in [4.69, 9.17) is 16.8 Å². The minimum Gasteiger partial charge on any atom is -0.298 e. The highest BCUT2D eigenvalue weighted by atomic mass is 35.5. The predicted octanol–water partition coefficient (Wildman–Crippen LogP) is 3.26. The third kappa shape index (κ3) is 3.66. The number of nitrogens with one attached hydrogen (secondary N) is 2. The Labute approximate surface area is 161 Å². The Morgan fingerprint density at radius 2 is 2.08 bits per heavy atom. The summed E-state index contributed by atoms with van der Waals surface area (Å²) in [5.74, 6) is 0.642. The fourth-order valence-corrected chi connectivity index (χ4v) is 6.88. The fraction of sp³-hybridized carbons (Fsp3) is 0.611. The molecule has 0 saturated heterocycles. The first-order chi connectivity index (χ1) is 12.4. The molecular formula is C18H22ClN3O3S. The van der Waals surface area contributed by atoms with Crippen LogP contribution in [0, 0.1) is 17.3 Å². The monoisotopic (exact) mass is 395 g/mol. The highest BCUT2D eigenvalue weighted by molar-refractivity contribution is 7.14. The van der Waals surface area contributed by atoms with Crippen molar-refractivity contribution in [1.29, 1.82) is 0 Å². The zero-order valence-electron chi connectivity index (χ0n) is 14.3. The zero-order chi connectivity index (χ0) is 18.4. The van der Waals surface area contributed by atoms with Crippen molar-refractivity contribution < 1.29 is 14.8 Å². The van der Waals surface area contributed by atoms with Gasteiger partial charge < -0.3 is 0 Å². The van der Waals surface area contributed by atoms with Crippen LogP contribution in [0.25, 0.3) is 0 Å². The van der Waals surface area contributed by atoms with Crippen LogP contribution in [0.15, 0.2) is 17.5 Å². The number of aromatic nitrogens is 1. The zero-order valence-corrected chi connectivity index (χ0v) is 15.9. The molecule has 0 spiro atoms. The molecule has 5 rings (SSSR count). The number of amides is 2. The van der Waals surface area contributed by atoms with Gasteiger partial charge in [-0.2, -0.15) is 0 Å². The van der Waals surface area contributed by atoms with Gasteiger partial charge in [-0.05, 0) is 61.9 Å². The van der Waals surface area contributed by atoms with E-state index in [2.05, 4.69) is 16.4 Å². The molecule has 8 heteroatoms. The molecule has 2 amide bonds. The second-order valence-corrected chi connectivity index (χ2v) is 9.81. The van der Waals surface area contributed by atoms with Gasteiger partial charge in [-0.15, -0.1) is 22.9 Å². The number of nitrogens with zero attached hydrogens (tertiary/aromatic N) is 1. The average Bonchev–Trinajstić information content (AvgIpc) is 2.97. The largest absolute Gasteiger partial charge is 0.298 e. The van der Waals surface area contributed by atoms with Crippen molar-refractivity contribution in [3.05, 3.63) is 23.2 Å². The number of carbonyl (C=O) groups is 2. The summed E-state index contributed by atoms with van der Waals surface area (Å²) in [7, 11) is 0.